The zero-order chi connectivity index (χ0) is 20.6. The second-order valence-corrected chi connectivity index (χ2v) is 8.00. The molecule has 2 fully saturated rings. The molecule has 2 aliphatic rings. The minimum Gasteiger partial charge on any atom is -0.365 e. The van der Waals surface area contributed by atoms with Crippen LogP contribution in [-0.4, -0.2) is 88.3 Å². The number of hydrogen-bond acceptors (Lipinski definition) is 4. The van der Waals surface area contributed by atoms with Crippen molar-refractivity contribution in [1.29, 1.82) is 0 Å². The molecule has 162 valence electrons. The summed E-state index contributed by atoms with van der Waals surface area (Å²) in [6.45, 7) is 7.73. The Balaban J connectivity index is 1.39. The summed E-state index contributed by atoms with van der Waals surface area (Å²) in [4.78, 5) is 11.0. The summed E-state index contributed by atoms with van der Waals surface area (Å²) < 4.78 is 28.0. The third-order valence-corrected chi connectivity index (χ3v) is 5.76. The van der Waals surface area contributed by atoms with Crippen LogP contribution in [0.5, 0.6) is 0 Å². The van der Waals surface area contributed by atoms with E-state index in [0.717, 1.165) is 45.0 Å². The highest BCUT2D eigenvalue weighted by atomic mass is 19.1. The number of anilines is 1. The first kappa shape index (κ1) is 21.8. The Morgan fingerprint density at radius 1 is 1.14 bits per heavy atom. The van der Waals surface area contributed by atoms with Gasteiger partial charge >= 0.3 is 0 Å². The average molecular weight is 409 g/mol. The Hall–Kier alpha value is -1.93. The van der Waals surface area contributed by atoms with Crippen LogP contribution >= 0.6 is 0 Å². The van der Waals surface area contributed by atoms with E-state index in [9.17, 15) is 8.78 Å². The number of likely N-dealkylation sites (N-methyl/N-ethyl adjacent to an activating group) is 1. The lowest BCUT2D eigenvalue weighted by molar-refractivity contribution is 0.274. The summed E-state index contributed by atoms with van der Waals surface area (Å²) in [7, 11) is 3.94. The number of guanidine groups is 1. The van der Waals surface area contributed by atoms with Gasteiger partial charge in [0.25, 0.3) is 0 Å². The highest BCUT2D eigenvalue weighted by molar-refractivity contribution is 5.80. The van der Waals surface area contributed by atoms with Gasteiger partial charge in [-0.05, 0) is 58.1 Å². The van der Waals surface area contributed by atoms with Gasteiger partial charge in [-0.1, -0.05) is 6.07 Å². The Morgan fingerprint density at radius 3 is 2.69 bits per heavy atom. The molecular weight excluding hydrogens is 374 g/mol. The summed E-state index contributed by atoms with van der Waals surface area (Å²) in [6, 6.07) is 4.13. The second kappa shape index (κ2) is 10.7. The van der Waals surface area contributed by atoms with Crippen molar-refractivity contribution in [1.82, 2.24) is 20.4 Å². The number of nitrogens with zero attached hydrogens (tertiary/aromatic N) is 4. The molecule has 2 aliphatic heterocycles. The minimum absolute atomic E-state index is 0.0721. The van der Waals surface area contributed by atoms with Crippen LogP contribution in [0.4, 0.5) is 14.5 Å². The molecule has 1 unspecified atom stereocenters. The van der Waals surface area contributed by atoms with Gasteiger partial charge in [0.1, 0.15) is 17.3 Å². The van der Waals surface area contributed by atoms with E-state index < -0.39 is 11.6 Å². The molecule has 0 bridgehead atoms. The third-order valence-electron chi connectivity index (χ3n) is 5.76. The molecule has 0 saturated carbocycles. The smallest absolute Gasteiger partial charge is 0.191 e. The number of nitrogens with one attached hydrogen (secondary N) is 2. The maximum atomic E-state index is 14.0. The molecule has 0 spiro atoms. The summed E-state index contributed by atoms with van der Waals surface area (Å²) in [5, 5.41) is 6.76. The summed E-state index contributed by atoms with van der Waals surface area (Å²) in [5.74, 6) is -0.262. The minimum atomic E-state index is -0.507. The van der Waals surface area contributed by atoms with Crippen LogP contribution < -0.4 is 15.5 Å². The van der Waals surface area contributed by atoms with Gasteiger partial charge < -0.3 is 25.3 Å². The molecule has 1 aromatic carbocycles. The van der Waals surface area contributed by atoms with Crippen LogP contribution in [0.2, 0.25) is 0 Å². The zero-order valence-electron chi connectivity index (χ0n) is 17.6. The molecular formula is C21H34F2N6. The molecule has 2 N–H and O–H groups in total. The zero-order valence-corrected chi connectivity index (χ0v) is 17.6. The fraction of sp³-hybridized carbons (Fsp3) is 0.667. The number of benzene rings is 1. The highest BCUT2D eigenvalue weighted by Crippen LogP contribution is 2.26. The first-order chi connectivity index (χ1) is 14.1. The molecule has 0 amide bonds. The predicted molar refractivity (Wildman–Crippen MR) is 115 cm³/mol. The third kappa shape index (κ3) is 6.27. The van der Waals surface area contributed by atoms with E-state index in [1.54, 1.807) is 11.9 Å². The molecule has 3 rings (SSSR count). The first-order valence-electron chi connectivity index (χ1n) is 10.6. The SMILES string of the molecule is CN=C(NCCCN1CCCN(C)CC1)NC1CCN(c2c(F)cccc2F)C1. The van der Waals surface area contributed by atoms with Crippen LogP contribution in [0, 0.1) is 11.6 Å². The Morgan fingerprint density at radius 2 is 1.93 bits per heavy atom. The Bertz CT molecular complexity index is 663. The van der Waals surface area contributed by atoms with E-state index in [4.69, 9.17) is 0 Å². The fourth-order valence-corrected chi connectivity index (χ4v) is 4.09. The Kier molecular flexibility index (Phi) is 8.06. The molecule has 29 heavy (non-hydrogen) atoms. The van der Waals surface area contributed by atoms with Gasteiger partial charge in [-0.3, -0.25) is 4.99 Å². The summed E-state index contributed by atoms with van der Waals surface area (Å²) in [6.07, 6.45) is 3.10. The van der Waals surface area contributed by atoms with E-state index in [-0.39, 0.29) is 11.7 Å². The van der Waals surface area contributed by atoms with Crippen LogP contribution in [0.3, 0.4) is 0 Å². The van der Waals surface area contributed by atoms with Gasteiger partial charge in [-0.25, -0.2) is 8.78 Å². The van der Waals surface area contributed by atoms with Gasteiger partial charge in [-0.2, -0.15) is 0 Å². The predicted octanol–water partition coefficient (Wildman–Crippen LogP) is 1.74. The molecule has 1 atom stereocenters. The van der Waals surface area contributed by atoms with E-state index in [0.29, 0.717) is 13.1 Å². The molecule has 0 radical (unpaired) electrons. The topological polar surface area (TPSA) is 46.1 Å². The standard InChI is InChI=1S/C21H34F2N6/c1-24-21(25-9-4-11-28-12-5-10-27(2)14-15-28)26-17-8-13-29(16-17)20-18(22)6-3-7-19(20)23/h3,6-7,17H,4-5,8-16H2,1-2H3,(H2,24,25,26). The van der Waals surface area contributed by atoms with Gasteiger partial charge in [-0.15, -0.1) is 0 Å². The molecule has 2 saturated heterocycles. The first-order valence-corrected chi connectivity index (χ1v) is 10.6. The molecule has 0 aliphatic carbocycles. The van der Waals surface area contributed by atoms with Crippen molar-refractivity contribution in [2.45, 2.75) is 25.3 Å². The van der Waals surface area contributed by atoms with Gasteiger partial charge in [0.05, 0.1) is 0 Å². The fourth-order valence-electron chi connectivity index (χ4n) is 4.09. The molecule has 8 heteroatoms. The van der Waals surface area contributed by atoms with Crippen molar-refractivity contribution in [2.75, 3.05) is 71.4 Å². The van der Waals surface area contributed by atoms with E-state index in [2.05, 4.69) is 32.5 Å². The number of hydrogen-bond donors (Lipinski definition) is 2. The number of aliphatic imine (C=N–C) groups is 1. The lowest BCUT2D eigenvalue weighted by Gasteiger charge is -2.22. The molecule has 6 nitrogen and oxygen atoms in total. The van der Waals surface area contributed by atoms with Crippen LogP contribution in [0.1, 0.15) is 19.3 Å². The van der Waals surface area contributed by atoms with Crippen LogP contribution in [-0.2, 0) is 0 Å². The maximum absolute atomic E-state index is 14.0. The summed E-state index contributed by atoms with van der Waals surface area (Å²) >= 11 is 0. The van der Waals surface area contributed by atoms with Gasteiger partial charge in [0.15, 0.2) is 5.96 Å². The van der Waals surface area contributed by atoms with Crippen LogP contribution in [0.25, 0.3) is 0 Å². The second-order valence-electron chi connectivity index (χ2n) is 8.00. The van der Waals surface area contributed by atoms with E-state index >= 15 is 0 Å². The van der Waals surface area contributed by atoms with Crippen LogP contribution in [0.15, 0.2) is 23.2 Å². The lowest BCUT2D eigenvalue weighted by atomic mass is 10.2. The Labute approximate surface area is 172 Å². The van der Waals surface area contributed by atoms with Crippen molar-refractivity contribution in [3.8, 4) is 0 Å². The van der Waals surface area contributed by atoms with Gasteiger partial charge in [0, 0.05) is 45.8 Å². The largest absolute Gasteiger partial charge is 0.365 e. The number of rotatable bonds is 6. The van der Waals surface area contributed by atoms with Crippen molar-refractivity contribution >= 4 is 11.6 Å². The lowest BCUT2D eigenvalue weighted by Crippen LogP contribution is -2.45. The van der Waals surface area contributed by atoms with Gasteiger partial charge in [0.2, 0.25) is 0 Å². The van der Waals surface area contributed by atoms with Crippen molar-refractivity contribution in [2.24, 2.45) is 4.99 Å². The van der Waals surface area contributed by atoms with Crippen molar-refractivity contribution in [3.05, 3.63) is 29.8 Å². The molecule has 2 heterocycles. The molecule has 0 aromatic heterocycles. The quantitative estimate of drug-likeness (QED) is 0.427. The number of halogens is 2. The monoisotopic (exact) mass is 408 g/mol. The van der Waals surface area contributed by atoms with E-state index in [1.165, 1.54) is 37.7 Å². The van der Waals surface area contributed by atoms with Crippen molar-refractivity contribution in [3.63, 3.8) is 0 Å². The van der Waals surface area contributed by atoms with Crippen molar-refractivity contribution < 1.29 is 8.78 Å². The number of para-hydroxylation sites is 1. The normalized spacial score (nSPS) is 22.0. The highest BCUT2D eigenvalue weighted by Gasteiger charge is 2.27. The summed E-state index contributed by atoms with van der Waals surface area (Å²) in [5.41, 5.74) is 0.0721. The molecule has 1 aromatic rings. The average Bonchev–Trinajstić information content (AvgIpc) is 3.05. The maximum Gasteiger partial charge on any atom is 0.191 e. The van der Waals surface area contributed by atoms with E-state index in [1.807, 2.05) is 0 Å².